The number of ether oxygens (including phenoxy) is 1. The zero-order chi connectivity index (χ0) is 13.5. The van der Waals surface area contributed by atoms with Gasteiger partial charge in [-0.3, -0.25) is 4.79 Å². The molecule has 18 heavy (non-hydrogen) atoms. The summed E-state index contributed by atoms with van der Waals surface area (Å²) < 4.78 is 5.11. The summed E-state index contributed by atoms with van der Waals surface area (Å²) in [4.78, 5) is 11.4. The third-order valence-electron chi connectivity index (χ3n) is 3.35. The number of benzene rings is 1. The van der Waals surface area contributed by atoms with Gasteiger partial charge in [-0.2, -0.15) is 0 Å². The van der Waals surface area contributed by atoms with Crippen LogP contribution >= 0.6 is 0 Å². The lowest BCUT2D eigenvalue weighted by molar-refractivity contribution is -0.118. The number of methoxy groups -OCH3 is 1. The Balaban J connectivity index is 2.85. The molecule has 0 bridgehead atoms. The molecule has 0 aromatic heterocycles. The van der Waals surface area contributed by atoms with Crippen LogP contribution in [0, 0.1) is 0 Å². The summed E-state index contributed by atoms with van der Waals surface area (Å²) in [6.07, 6.45) is 2.84. The minimum Gasteiger partial charge on any atom is -0.504 e. The smallest absolute Gasteiger partial charge is 0.161 e. The predicted molar refractivity (Wildman–Crippen MR) is 72.2 cm³/mol. The average Bonchev–Trinajstić information content (AvgIpc) is 2.40. The van der Waals surface area contributed by atoms with E-state index < -0.39 is 0 Å². The molecule has 1 aromatic carbocycles. The van der Waals surface area contributed by atoms with Crippen LogP contribution in [0.4, 0.5) is 0 Å². The fourth-order valence-electron chi connectivity index (χ4n) is 2.12. The second kappa shape index (κ2) is 7.04. The van der Waals surface area contributed by atoms with Crippen molar-refractivity contribution in [2.45, 2.75) is 45.4 Å². The minimum absolute atomic E-state index is 0.204. The Kier molecular flexibility index (Phi) is 5.69. The van der Waals surface area contributed by atoms with E-state index >= 15 is 0 Å². The van der Waals surface area contributed by atoms with E-state index in [2.05, 4.69) is 6.92 Å². The zero-order valence-electron chi connectivity index (χ0n) is 11.4. The van der Waals surface area contributed by atoms with Crippen molar-refractivity contribution in [1.82, 2.24) is 0 Å². The number of carbonyl (C=O) groups excluding carboxylic acids is 1. The monoisotopic (exact) mass is 250 g/mol. The lowest BCUT2D eigenvalue weighted by atomic mass is 9.90. The topological polar surface area (TPSA) is 46.5 Å². The van der Waals surface area contributed by atoms with Crippen LogP contribution in [0.3, 0.4) is 0 Å². The highest BCUT2D eigenvalue weighted by atomic mass is 16.5. The number of aromatic hydroxyl groups is 1. The first-order chi connectivity index (χ1) is 8.63. The number of ketones is 1. The maximum atomic E-state index is 11.4. The molecule has 3 heteroatoms. The average molecular weight is 250 g/mol. The van der Waals surface area contributed by atoms with Crippen LogP contribution in [-0.4, -0.2) is 18.0 Å². The van der Waals surface area contributed by atoms with Gasteiger partial charge < -0.3 is 9.84 Å². The van der Waals surface area contributed by atoms with Gasteiger partial charge in [0, 0.05) is 18.4 Å². The highest BCUT2D eigenvalue weighted by molar-refractivity contribution is 5.78. The standard InChI is InChI=1S/C15H22O3/c1-4-11(9-10-12(16)5-2)13-7-6-8-14(18-3)15(13)17/h6-8,11,17H,4-5,9-10H2,1-3H3. The highest BCUT2D eigenvalue weighted by Gasteiger charge is 2.17. The van der Waals surface area contributed by atoms with Gasteiger partial charge in [-0.25, -0.2) is 0 Å². The van der Waals surface area contributed by atoms with Crippen molar-refractivity contribution in [3.63, 3.8) is 0 Å². The van der Waals surface area contributed by atoms with Gasteiger partial charge >= 0.3 is 0 Å². The number of rotatable bonds is 7. The van der Waals surface area contributed by atoms with Gasteiger partial charge in [-0.15, -0.1) is 0 Å². The molecule has 0 aliphatic carbocycles. The van der Waals surface area contributed by atoms with Gasteiger partial charge in [0.15, 0.2) is 11.5 Å². The van der Waals surface area contributed by atoms with E-state index in [9.17, 15) is 9.90 Å². The van der Waals surface area contributed by atoms with Gasteiger partial charge in [0.2, 0.25) is 0 Å². The van der Waals surface area contributed by atoms with E-state index in [0.29, 0.717) is 18.6 Å². The van der Waals surface area contributed by atoms with E-state index in [0.717, 1.165) is 18.4 Å². The lowest BCUT2D eigenvalue weighted by Crippen LogP contribution is -2.03. The molecule has 0 aliphatic heterocycles. The molecular formula is C15H22O3. The third kappa shape index (κ3) is 3.49. The second-order valence-electron chi connectivity index (χ2n) is 4.43. The number of phenolic OH excluding ortho intramolecular Hbond substituents is 1. The second-order valence-corrected chi connectivity index (χ2v) is 4.43. The molecule has 100 valence electrons. The molecule has 0 radical (unpaired) electrons. The van der Waals surface area contributed by atoms with Crippen molar-refractivity contribution in [3.8, 4) is 11.5 Å². The summed E-state index contributed by atoms with van der Waals surface area (Å²) in [5.74, 6) is 1.18. The van der Waals surface area contributed by atoms with Crippen molar-refractivity contribution in [2.24, 2.45) is 0 Å². The van der Waals surface area contributed by atoms with Crippen LogP contribution in [0.1, 0.15) is 51.0 Å². The van der Waals surface area contributed by atoms with Crippen molar-refractivity contribution in [3.05, 3.63) is 23.8 Å². The highest BCUT2D eigenvalue weighted by Crippen LogP contribution is 2.37. The van der Waals surface area contributed by atoms with E-state index in [1.165, 1.54) is 0 Å². The Morgan fingerprint density at radius 3 is 2.67 bits per heavy atom. The molecule has 0 aliphatic rings. The molecule has 1 unspecified atom stereocenters. The Bertz CT molecular complexity index is 399. The largest absolute Gasteiger partial charge is 0.504 e. The number of para-hydroxylation sites is 1. The fourth-order valence-corrected chi connectivity index (χ4v) is 2.12. The predicted octanol–water partition coefficient (Wildman–Crippen LogP) is 3.65. The van der Waals surface area contributed by atoms with Gasteiger partial charge in [0.1, 0.15) is 5.78 Å². The van der Waals surface area contributed by atoms with Crippen LogP contribution in [0.5, 0.6) is 11.5 Å². The summed E-state index contributed by atoms with van der Waals surface area (Å²) in [5, 5.41) is 10.1. The first-order valence-electron chi connectivity index (χ1n) is 6.51. The number of hydrogen-bond donors (Lipinski definition) is 1. The van der Waals surface area contributed by atoms with Gasteiger partial charge in [-0.05, 0) is 24.8 Å². The first-order valence-corrected chi connectivity index (χ1v) is 6.51. The van der Waals surface area contributed by atoms with Crippen molar-refractivity contribution in [2.75, 3.05) is 7.11 Å². The molecule has 1 atom stereocenters. The SMILES string of the molecule is CCC(=O)CCC(CC)c1cccc(OC)c1O. The molecule has 1 N–H and O–H groups in total. The van der Waals surface area contributed by atoms with E-state index in [1.807, 2.05) is 19.1 Å². The van der Waals surface area contributed by atoms with Crippen LogP contribution in [0.15, 0.2) is 18.2 Å². The Morgan fingerprint density at radius 1 is 1.39 bits per heavy atom. The Labute approximate surface area is 109 Å². The van der Waals surface area contributed by atoms with Crippen LogP contribution < -0.4 is 4.74 Å². The normalized spacial score (nSPS) is 12.2. The number of Topliss-reactive ketones (excluding diaryl/α,β-unsaturated/α-hetero) is 1. The van der Waals surface area contributed by atoms with E-state index in [4.69, 9.17) is 4.74 Å². The Morgan fingerprint density at radius 2 is 2.11 bits per heavy atom. The first kappa shape index (κ1) is 14.6. The van der Waals surface area contributed by atoms with Crippen LogP contribution in [-0.2, 0) is 4.79 Å². The molecule has 3 nitrogen and oxygen atoms in total. The summed E-state index contributed by atoms with van der Waals surface area (Å²) in [6.45, 7) is 3.95. The van der Waals surface area contributed by atoms with Gasteiger partial charge in [-0.1, -0.05) is 26.0 Å². The van der Waals surface area contributed by atoms with E-state index in [-0.39, 0.29) is 17.5 Å². The van der Waals surface area contributed by atoms with Crippen molar-refractivity contribution < 1.29 is 14.6 Å². The summed E-state index contributed by atoms with van der Waals surface area (Å²) >= 11 is 0. The quantitative estimate of drug-likeness (QED) is 0.803. The molecule has 0 spiro atoms. The van der Waals surface area contributed by atoms with Crippen molar-refractivity contribution in [1.29, 1.82) is 0 Å². The summed E-state index contributed by atoms with van der Waals surface area (Å²) in [5.41, 5.74) is 0.876. The lowest BCUT2D eigenvalue weighted by Gasteiger charge is -2.17. The zero-order valence-corrected chi connectivity index (χ0v) is 11.4. The maximum Gasteiger partial charge on any atom is 0.161 e. The Hall–Kier alpha value is -1.51. The fraction of sp³-hybridized carbons (Fsp3) is 0.533. The summed E-state index contributed by atoms with van der Waals surface area (Å²) in [7, 11) is 1.54. The molecule has 0 heterocycles. The molecular weight excluding hydrogens is 228 g/mol. The maximum absolute atomic E-state index is 11.4. The molecule has 0 saturated carbocycles. The van der Waals surface area contributed by atoms with Crippen LogP contribution in [0.2, 0.25) is 0 Å². The van der Waals surface area contributed by atoms with Crippen molar-refractivity contribution >= 4 is 5.78 Å². The molecule has 0 amide bonds. The molecule has 0 fully saturated rings. The van der Waals surface area contributed by atoms with E-state index in [1.54, 1.807) is 13.2 Å². The van der Waals surface area contributed by atoms with Gasteiger partial charge in [0.05, 0.1) is 7.11 Å². The van der Waals surface area contributed by atoms with Crippen LogP contribution in [0.25, 0.3) is 0 Å². The molecule has 1 aromatic rings. The number of phenols is 1. The minimum atomic E-state index is 0.204. The third-order valence-corrected chi connectivity index (χ3v) is 3.35. The van der Waals surface area contributed by atoms with Gasteiger partial charge in [0.25, 0.3) is 0 Å². The summed E-state index contributed by atoms with van der Waals surface area (Å²) in [6, 6.07) is 5.52. The molecule has 0 saturated heterocycles. The number of hydrogen-bond acceptors (Lipinski definition) is 3. The number of carbonyl (C=O) groups is 1. The molecule has 1 rings (SSSR count).